The SMILES string of the molecule is CCCCCCCCCCCCCCCCCCSN(C)c1ccc(O)cc1. The first-order valence-corrected chi connectivity index (χ1v) is 12.8. The highest BCUT2D eigenvalue weighted by Crippen LogP contribution is 2.23. The van der Waals surface area contributed by atoms with E-state index in [1.54, 1.807) is 12.1 Å². The molecule has 0 bridgehead atoms. The van der Waals surface area contributed by atoms with Crippen molar-refractivity contribution in [3.8, 4) is 5.75 Å². The summed E-state index contributed by atoms with van der Waals surface area (Å²) in [6.07, 6.45) is 22.8. The van der Waals surface area contributed by atoms with Crippen LogP contribution in [-0.2, 0) is 0 Å². The molecule has 0 saturated carbocycles. The monoisotopic (exact) mass is 407 g/mol. The molecule has 3 heteroatoms. The molecule has 1 N–H and O–H groups in total. The second-order valence-corrected chi connectivity index (χ2v) is 9.36. The number of rotatable bonds is 19. The van der Waals surface area contributed by atoms with Crippen molar-refractivity contribution in [2.45, 2.75) is 110 Å². The van der Waals surface area contributed by atoms with Gasteiger partial charge in [-0.1, -0.05) is 115 Å². The van der Waals surface area contributed by atoms with Crippen LogP contribution in [0.3, 0.4) is 0 Å². The molecular formula is C25H45NOS. The van der Waals surface area contributed by atoms with Gasteiger partial charge < -0.3 is 9.41 Å². The van der Waals surface area contributed by atoms with Crippen LogP contribution in [0.4, 0.5) is 5.69 Å². The zero-order chi connectivity index (χ0) is 20.3. The van der Waals surface area contributed by atoms with E-state index < -0.39 is 0 Å². The Labute approximate surface area is 179 Å². The number of hydrogen-bond donors (Lipinski definition) is 1. The molecule has 28 heavy (non-hydrogen) atoms. The Bertz CT molecular complexity index is 448. The van der Waals surface area contributed by atoms with Crippen LogP contribution in [0, 0.1) is 0 Å². The van der Waals surface area contributed by atoms with E-state index in [4.69, 9.17) is 0 Å². The summed E-state index contributed by atoms with van der Waals surface area (Å²) in [5.41, 5.74) is 1.15. The van der Waals surface area contributed by atoms with Crippen LogP contribution < -0.4 is 4.31 Å². The van der Waals surface area contributed by atoms with Gasteiger partial charge in [0.25, 0.3) is 0 Å². The summed E-state index contributed by atoms with van der Waals surface area (Å²) in [5, 5.41) is 9.35. The molecule has 0 unspecified atom stereocenters. The molecule has 0 amide bonds. The largest absolute Gasteiger partial charge is 0.508 e. The van der Waals surface area contributed by atoms with Gasteiger partial charge in [0.15, 0.2) is 0 Å². The molecule has 0 aromatic heterocycles. The number of phenolic OH excluding ortho intramolecular Hbond substituents is 1. The van der Waals surface area contributed by atoms with Gasteiger partial charge in [0.05, 0.1) is 0 Å². The fourth-order valence-corrected chi connectivity index (χ4v) is 4.47. The Balaban J connectivity index is 1.78. The molecule has 0 radical (unpaired) electrons. The fourth-order valence-electron chi connectivity index (χ4n) is 3.59. The van der Waals surface area contributed by atoms with Crippen molar-refractivity contribution in [3.63, 3.8) is 0 Å². The molecule has 1 rings (SSSR count). The number of anilines is 1. The van der Waals surface area contributed by atoms with Crippen LogP contribution in [0.15, 0.2) is 24.3 Å². The zero-order valence-corrected chi connectivity index (χ0v) is 19.4. The maximum absolute atomic E-state index is 9.35. The third-order valence-corrected chi connectivity index (χ3v) is 6.57. The maximum atomic E-state index is 9.35. The average molecular weight is 408 g/mol. The number of nitrogens with zero attached hydrogens (tertiary/aromatic N) is 1. The Morgan fingerprint density at radius 2 is 1.04 bits per heavy atom. The Hall–Kier alpha value is -0.830. The minimum Gasteiger partial charge on any atom is -0.508 e. The van der Waals surface area contributed by atoms with E-state index in [9.17, 15) is 5.11 Å². The van der Waals surface area contributed by atoms with Crippen LogP contribution in [0.25, 0.3) is 0 Å². The van der Waals surface area contributed by atoms with Crippen LogP contribution in [0.5, 0.6) is 5.75 Å². The lowest BCUT2D eigenvalue weighted by atomic mass is 10.0. The average Bonchev–Trinajstić information content (AvgIpc) is 2.70. The van der Waals surface area contributed by atoms with Gasteiger partial charge in [-0.2, -0.15) is 0 Å². The molecule has 0 saturated heterocycles. The fraction of sp³-hybridized carbons (Fsp3) is 0.760. The number of aromatic hydroxyl groups is 1. The van der Waals surface area contributed by atoms with Gasteiger partial charge in [0.1, 0.15) is 5.75 Å². The summed E-state index contributed by atoms with van der Waals surface area (Å²) in [6.45, 7) is 2.29. The third-order valence-electron chi connectivity index (χ3n) is 5.50. The molecule has 1 aromatic carbocycles. The zero-order valence-electron chi connectivity index (χ0n) is 18.6. The van der Waals surface area contributed by atoms with Crippen LogP contribution >= 0.6 is 11.9 Å². The Morgan fingerprint density at radius 1 is 0.643 bits per heavy atom. The molecule has 0 spiro atoms. The van der Waals surface area contributed by atoms with Gasteiger partial charge in [-0.3, -0.25) is 0 Å². The summed E-state index contributed by atoms with van der Waals surface area (Å²) in [6, 6.07) is 7.44. The van der Waals surface area contributed by atoms with Crippen molar-refractivity contribution < 1.29 is 5.11 Å². The van der Waals surface area contributed by atoms with Gasteiger partial charge >= 0.3 is 0 Å². The van der Waals surface area contributed by atoms with E-state index in [2.05, 4.69) is 18.3 Å². The summed E-state index contributed by atoms with van der Waals surface area (Å²) in [7, 11) is 2.10. The second-order valence-electron chi connectivity index (χ2n) is 8.15. The van der Waals surface area contributed by atoms with E-state index in [1.165, 1.54) is 108 Å². The predicted octanol–water partition coefficient (Wildman–Crippen LogP) is 8.74. The van der Waals surface area contributed by atoms with Gasteiger partial charge in [-0.25, -0.2) is 0 Å². The smallest absolute Gasteiger partial charge is 0.115 e. The maximum Gasteiger partial charge on any atom is 0.115 e. The molecule has 162 valence electrons. The van der Waals surface area contributed by atoms with Crippen LogP contribution in [-0.4, -0.2) is 17.9 Å². The molecule has 0 atom stereocenters. The second kappa shape index (κ2) is 18.2. The van der Waals surface area contributed by atoms with Crippen molar-refractivity contribution >= 4 is 17.6 Å². The highest BCUT2D eigenvalue weighted by atomic mass is 32.2. The molecule has 0 fully saturated rings. The van der Waals surface area contributed by atoms with Crippen molar-refractivity contribution in [2.75, 3.05) is 17.1 Å². The van der Waals surface area contributed by atoms with Crippen molar-refractivity contribution in [3.05, 3.63) is 24.3 Å². The molecule has 0 aliphatic heterocycles. The minimum absolute atomic E-state index is 0.333. The summed E-state index contributed by atoms with van der Waals surface area (Å²) < 4.78 is 2.20. The first-order valence-electron chi connectivity index (χ1n) is 11.9. The minimum atomic E-state index is 0.333. The van der Waals surface area contributed by atoms with Crippen molar-refractivity contribution in [1.29, 1.82) is 0 Å². The highest BCUT2D eigenvalue weighted by Gasteiger charge is 2.01. The lowest BCUT2D eigenvalue weighted by molar-refractivity contribution is 0.475. The van der Waals surface area contributed by atoms with E-state index in [1.807, 2.05) is 24.1 Å². The van der Waals surface area contributed by atoms with Crippen LogP contribution in [0.2, 0.25) is 0 Å². The number of unbranched alkanes of at least 4 members (excludes halogenated alkanes) is 15. The summed E-state index contributed by atoms with van der Waals surface area (Å²) in [5.74, 6) is 1.51. The molecule has 2 nitrogen and oxygen atoms in total. The van der Waals surface area contributed by atoms with Crippen molar-refractivity contribution in [2.24, 2.45) is 0 Å². The standard InChI is InChI=1S/C25H45NOS/c1-3-4-5-6-7-8-9-10-11-12-13-14-15-16-17-18-23-28-26(2)24-19-21-25(27)22-20-24/h19-22,27H,3-18,23H2,1-2H3. The first kappa shape index (κ1) is 25.2. The van der Waals surface area contributed by atoms with Gasteiger partial charge in [0, 0.05) is 18.5 Å². The van der Waals surface area contributed by atoms with E-state index in [0.29, 0.717) is 5.75 Å². The van der Waals surface area contributed by atoms with Gasteiger partial charge in [-0.05, 0) is 30.7 Å². The normalized spacial score (nSPS) is 11.1. The van der Waals surface area contributed by atoms with Gasteiger partial charge in [0.2, 0.25) is 0 Å². The molecule has 1 aromatic rings. The molecular weight excluding hydrogens is 362 g/mol. The van der Waals surface area contributed by atoms with Gasteiger partial charge in [-0.15, -0.1) is 0 Å². The van der Waals surface area contributed by atoms with E-state index in [-0.39, 0.29) is 0 Å². The van der Waals surface area contributed by atoms with E-state index in [0.717, 1.165) is 5.69 Å². The highest BCUT2D eigenvalue weighted by molar-refractivity contribution is 8.00. The first-order chi connectivity index (χ1) is 13.7. The molecule has 0 aliphatic rings. The lowest BCUT2D eigenvalue weighted by Crippen LogP contribution is -2.07. The molecule has 0 aliphatic carbocycles. The Kier molecular flexibility index (Phi) is 16.4. The third kappa shape index (κ3) is 14.2. The topological polar surface area (TPSA) is 23.5 Å². The number of hydrogen-bond acceptors (Lipinski definition) is 3. The lowest BCUT2D eigenvalue weighted by Gasteiger charge is -2.17. The Morgan fingerprint density at radius 3 is 1.46 bits per heavy atom. The molecule has 0 heterocycles. The quantitative estimate of drug-likeness (QED) is 0.183. The number of phenols is 1. The predicted molar refractivity (Wildman–Crippen MR) is 129 cm³/mol. The summed E-state index contributed by atoms with van der Waals surface area (Å²) >= 11 is 1.87. The van der Waals surface area contributed by atoms with Crippen LogP contribution in [0.1, 0.15) is 110 Å². The van der Waals surface area contributed by atoms with E-state index >= 15 is 0 Å². The van der Waals surface area contributed by atoms with Crippen molar-refractivity contribution in [1.82, 2.24) is 0 Å². The summed E-state index contributed by atoms with van der Waals surface area (Å²) in [4.78, 5) is 0. The number of benzene rings is 1.